The van der Waals surface area contributed by atoms with Crippen molar-refractivity contribution in [1.82, 2.24) is 10.3 Å². The van der Waals surface area contributed by atoms with Crippen LogP contribution in [0.4, 0.5) is 0 Å². The summed E-state index contributed by atoms with van der Waals surface area (Å²) < 4.78 is 7.81. The molecule has 120 valence electrons. The maximum atomic E-state index is 6.54. The first kappa shape index (κ1) is 16.1. The number of nitrogens with one attached hydrogen (secondary N) is 1. The van der Waals surface area contributed by atoms with E-state index in [1.807, 2.05) is 0 Å². The van der Waals surface area contributed by atoms with Gasteiger partial charge in [0.25, 0.3) is 0 Å². The number of rotatable bonds is 3. The zero-order chi connectivity index (χ0) is 16.0. The van der Waals surface area contributed by atoms with E-state index in [1.165, 1.54) is 9.71 Å². The van der Waals surface area contributed by atoms with E-state index >= 15 is 0 Å². The van der Waals surface area contributed by atoms with Gasteiger partial charge in [-0.2, -0.15) is 0 Å². The molecule has 1 aromatic heterocycles. The van der Waals surface area contributed by atoms with E-state index in [0.717, 1.165) is 18.5 Å². The van der Waals surface area contributed by atoms with Crippen molar-refractivity contribution in [3.8, 4) is 0 Å². The molecule has 1 N–H and O–H groups in total. The molecule has 2 atom stereocenters. The van der Waals surface area contributed by atoms with Gasteiger partial charge in [0.05, 0.1) is 22.4 Å². The Balaban J connectivity index is 1.70. The molecule has 3 nitrogen and oxygen atoms in total. The van der Waals surface area contributed by atoms with Gasteiger partial charge in [0.15, 0.2) is 8.32 Å². The Morgan fingerprint density at radius 1 is 1.27 bits per heavy atom. The maximum Gasteiger partial charge on any atom is 0.192 e. The normalized spacial score (nSPS) is 23.3. The lowest BCUT2D eigenvalue weighted by atomic mass is 10.2. The van der Waals surface area contributed by atoms with Gasteiger partial charge in [0.1, 0.15) is 5.01 Å². The molecule has 2 heterocycles. The molecule has 5 heteroatoms. The minimum absolute atomic E-state index is 0.265. The van der Waals surface area contributed by atoms with Crippen molar-refractivity contribution in [2.75, 3.05) is 6.54 Å². The first-order valence-corrected chi connectivity index (χ1v) is 11.8. The van der Waals surface area contributed by atoms with E-state index in [4.69, 9.17) is 9.41 Å². The lowest BCUT2D eigenvalue weighted by Crippen LogP contribution is -2.44. The molecule has 22 heavy (non-hydrogen) atoms. The summed E-state index contributed by atoms with van der Waals surface area (Å²) in [5.41, 5.74) is 1.11. The Kier molecular flexibility index (Phi) is 4.18. The lowest BCUT2D eigenvalue weighted by molar-refractivity contribution is 0.197. The van der Waals surface area contributed by atoms with Crippen molar-refractivity contribution >= 4 is 29.9 Å². The highest BCUT2D eigenvalue weighted by atomic mass is 32.1. The second kappa shape index (κ2) is 5.71. The second-order valence-electron chi connectivity index (χ2n) is 7.72. The average Bonchev–Trinajstić information content (AvgIpc) is 3.02. The summed E-state index contributed by atoms with van der Waals surface area (Å²) in [4.78, 5) is 4.79. The summed E-state index contributed by atoms with van der Waals surface area (Å²) in [6, 6.07) is 8.71. The monoisotopic (exact) mass is 334 g/mol. The van der Waals surface area contributed by atoms with Gasteiger partial charge in [-0.25, -0.2) is 4.98 Å². The molecule has 1 aliphatic heterocycles. The van der Waals surface area contributed by atoms with E-state index in [-0.39, 0.29) is 5.04 Å². The number of para-hydroxylation sites is 1. The summed E-state index contributed by atoms with van der Waals surface area (Å²) in [6.07, 6.45) is 1.35. The van der Waals surface area contributed by atoms with Crippen molar-refractivity contribution in [2.24, 2.45) is 0 Å². The molecule has 3 rings (SSSR count). The number of thiazole rings is 1. The summed E-state index contributed by atoms with van der Waals surface area (Å²) in [6.45, 7) is 12.5. The van der Waals surface area contributed by atoms with Gasteiger partial charge < -0.3 is 9.74 Å². The summed E-state index contributed by atoms with van der Waals surface area (Å²) in [5, 5.41) is 5.06. The van der Waals surface area contributed by atoms with E-state index in [0.29, 0.717) is 12.1 Å². The fourth-order valence-electron chi connectivity index (χ4n) is 2.61. The Labute approximate surface area is 138 Å². The third-order valence-electron chi connectivity index (χ3n) is 4.97. The highest BCUT2D eigenvalue weighted by molar-refractivity contribution is 7.18. The molecule has 0 unspecified atom stereocenters. The zero-order valence-corrected chi connectivity index (χ0v) is 16.0. The largest absolute Gasteiger partial charge is 0.413 e. The van der Waals surface area contributed by atoms with Crippen molar-refractivity contribution < 1.29 is 4.43 Å². The summed E-state index contributed by atoms with van der Waals surface area (Å²) in [7, 11) is -1.69. The number of benzene rings is 1. The van der Waals surface area contributed by atoms with E-state index in [1.54, 1.807) is 11.3 Å². The fourth-order valence-corrected chi connectivity index (χ4v) is 5.04. The standard InChI is InChI=1S/C17H26N2OSSi/c1-17(2,3)22(4,5)20-12-10-14(18-11-12)16-19-13-8-6-7-9-15(13)21-16/h6-9,12,14,18H,10-11H2,1-5H3/t12-,14+/m1/s1. The third-order valence-corrected chi connectivity index (χ3v) is 10.7. The van der Waals surface area contributed by atoms with Gasteiger partial charge in [-0.1, -0.05) is 32.9 Å². The Hall–Kier alpha value is -0.753. The van der Waals surface area contributed by atoms with Gasteiger partial charge in [0.2, 0.25) is 0 Å². The lowest BCUT2D eigenvalue weighted by Gasteiger charge is -2.38. The molecule has 0 amide bonds. The molecule has 0 saturated carbocycles. The van der Waals surface area contributed by atoms with Crippen LogP contribution in [0, 0.1) is 0 Å². The molecule has 1 aromatic carbocycles. The van der Waals surface area contributed by atoms with E-state index < -0.39 is 8.32 Å². The summed E-state index contributed by atoms with van der Waals surface area (Å²) in [5.74, 6) is 0. The Morgan fingerprint density at radius 3 is 2.68 bits per heavy atom. The van der Waals surface area contributed by atoms with E-state index in [2.05, 4.69) is 63.4 Å². The number of aromatic nitrogens is 1. The first-order chi connectivity index (χ1) is 10.3. The van der Waals surface area contributed by atoms with Crippen LogP contribution in [-0.2, 0) is 4.43 Å². The van der Waals surface area contributed by atoms with Crippen molar-refractivity contribution in [2.45, 2.75) is 57.5 Å². The molecule has 0 radical (unpaired) electrons. The van der Waals surface area contributed by atoms with Crippen molar-refractivity contribution in [1.29, 1.82) is 0 Å². The predicted molar refractivity (Wildman–Crippen MR) is 97.1 cm³/mol. The molecule has 1 aliphatic rings. The molecule has 0 spiro atoms. The molecule has 0 aliphatic carbocycles. The van der Waals surface area contributed by atoms with Crippen LogP contribution in [0.25, 0.3) is 10.2 Å². The van der Waals surface area contributed by atoms with Crippen molar-refractivity contribution in [3.63, 3.8) is 0 Å². The number of hydrogen-bond acceptors (Lipinski definition) is 4. The molecule has 2 aromatic rings. The van der Waals surface area contributed by atoms with Crippen LogP contribution >= 0.6 is 11.3 Å². The van der Waals surface area contributed by atoms with Gasteiger partial charge in [-0.3, -0.25) is 0 Å². The Morgan fingerprint density at radius 2 is 2.00 bits per heavy atom. The van der Waals surface area contributed by atoms with Crippen LogP contribution in [0.5, 0.6) is 0 Å². The predicted octanol–water partition coefficient (Wildman–Crippen LogP) is 4.72. The molecule has 1 fully saturated rings. The number of nitrogens with zero attached hydrogens (tertiary/aromatic N) is 1. The van der Waals surface area contributed by atoms with E-state index in [9.17, 15) is 0 Å². The molecular formula is C17H26N2OSSi. The second-order valence-corrected chi connectivity index (χ2v) is 13.5. The van der Waals surface area contributed by atoms with Gasteiger partial charge in [-0.05, 0) is 36.7 Å². The summed E-state index contributed by atoms with van der Waals surface area (Å²) >= 11 is 1.80. The zero-order valence-electron chi connectivity index (χ0n) is 14.1. The Bertz CT molecular complexity index is 629. The molecule has 0 bridgehead atoms. The van der Waals surface area contributed by atoms with Gasteiger partial charge in [-0.15, -0.1) is 11.3 Å². The van der Waals surface area contributed by atoms with Crippen LogP contribution in [0.2, 0.25) is 18.1 Å². The van der Waals surface area contributed by atoms with Gasteiger partial charge >= 0.3 is 0 Å². The molecular weight excluding hydrogens is 308 g/mol. The quantitative estimate of drug-likeness (QED) is 0.825. The smallest absolute Gasteiger partial charge is 0.192 e. The maximum absolute atomic E-state index is 6.54. The number of hydrogen-bond donors (Lipinski definition) is 1. The third kappa shape index (κ3) is 3.13. The first-order valence-electron chi connectivity index (χ1n) is 8.03. The number of fused-ring (bicyclic) bond motifs is 1. The highest BCUT2D eigenvalue weighted by Crippen LogP contribution is 2.39. The van der Waals surface area contributed by atoms with Crippen LogP contribution in [0.3, 0.4) is 0 Å². The van der Waals surface area contributed by atoms with Crippen LogP contribution in [0.15, 0.2) is 24.3 Å². The van der Waals surface area contributed by atoms with Crippen LogP contribution < -0.4 is 5.32 Å². The van der Waals surface area contributed by atoms with Crippen LogP contribution in [-0.4, -0.2) is 26.0 Å². The average molecular weight is 335 g/mol. The van der Waals surface area contributed by atoms with Crippen LogP contribution in [0.1, 0.15) is 38.2 Å². The topological polar surface area (TPSA) is 34.1 Å². The van der Waals surface area contributed by atoms with Gasteiger partial charge in [0, 0.05) is 6.54 Å². The SMILES string of the molecule is CC(C)(C)[Si](C)(C)O[C@H]1CN[C@H](c2nc3ccccc3s2)C1. The van der Waals surface area contributed by atoms with Crippen molar-refractivity contribution in [3.05, 3.63) is 29.3 Å². The highest BCUT2D eigenvalue weighted by Gasteiger charge is 2.41. The minimum atomic E-state index is -1.69. The fraction of sp³-hybridized carbons (Fsp3) is 0.588. The molecule has 1 saturated heterocycles. The minimum Gasteiger partial charge on any atom is -0.413 e.